The van der Waals surface area contributed by atoms with Gasteiger partial charge in [-0.2, -0.15) is 0 Å². The largest absolute Gasteiger partial charge is 0.395 e. The summed E-state index contributed by atoms with van der Waals surface area (Å²) in [5, 5.41) is 12.1. The molecular weight excluding hydrogens is 205 g/mol. The molecule has 0 spiro atoms. The van der Waals surface area contributed by atoms with E-state index in [1.54, 1.807) is 12.1 Å². The predicted octanol–water partition coefficient (Wildman–Crippen LogP) is 1.95. The van der Waals surface area contributed by atoms with Gasteiger partial charge in [0.05, 0.1) is 6.61 Å². The van der Waals surface area contributed by atoms with Gasteiger partial charge in [0.2, 0.25) is 0 Å². The molecule has 0 amide bonds. The Balaban J connectivity index is 2.66. The summed E-state index contributed by atoms with van der Waals surface area (Å²) in [6.07, 6.45) is 0. The molecule has 1 rings (SSSR count). The van der Waals surface area contributed by atoms with Crippen molar-refractivity contribution < 1.29 is 9.50 Å². The van der Waals surface area contributed by atoms with Gasteiger partial charge in [-0.15, -0.1) is 0 Å². The number of hydrogen-bond donors (Lipinski definition) is 2. The molecule has 14 heavy (non-hydrogen) atoms. The molecule has 2 nitrogen and oxygen atoms in total. The number of rotatable bonds is 4. The highest BCUT2D eigenvalue weighted by Crippen LogP contribution is 2.18. The Bertz CT molecular complexity index is 286. The molecule has 0 saturated carbocycles. The Hall–Kier alpha value is -0.640. The summed E-state index contributed by atoms with van der Waals surface area (Å²) in [4.78, 5) is 0. The SMILES string of the molecule is C[C@H](CO)NCc1c(F)cccc1Cl. The van der Waals surface area contributed by atoms with Crippen LogP contribution in [0.3, 0.4) is 0 Å². The first-order chi connectivity index (χ1) is 6.65. The van der Waals surface area contributed by atoms with Crippen molar-refractivity contribution in [1.29, 1.82) is 0 Å². The Morgan fingerprint density at radius 3 is 2.86 bits per heavy atom. The van der Waals surface area contributed by atoms with Gasteiger partial charge in [-0.25, -0.2) is 4.39 Å². The minimum absolute atomic E-state index is 0.0199. The zero-order valence-corrected chi connectivity index (χ0v) is 8.68. The van der Waals surface area contributed by atoms with E-state index >= 15 is 0 Å². The van der Waals surface area contributed by atoms with Crippen LogP contribution in [0.5, 0.6) is 0 Å². The van der Waals surface area contributed by atoms with Gasteiger partial charge in [-0.1, -0.05) is 17.7 Å². The van der Waals surface area contributed by atoms with Crippen molar-refractivity contribution in [2.24, 2.45) is 0 Å². The number of nitrogens with one attached hydrogen (secondary N) is 1. The van der Waals surface area contributed by atoms with Gasteiger partial charge >= 0.3 is 0 Å². The predicted molar refractivity (Wildman–Crippen MR) is 54.8 cm³/mol. The maximum absolute atomic E-state index is 13.2. The van der Waals surface area contributed by atoms with E-state index in [9.17, 15) is 4.39 Å². The molecule has 1 atom stereocenters. The molecule has 0 aliphatic carbocycles. The van der Waals surface area contributed by atoms with Crippen LogP contribution in [-0.2, 0) is 6.54 Å². The highest BCUT2D eigenvalue weighted by molar-refractivity contribution is 6.31. The summed E-state index contributed by atoms with van der Waals surface area (Å²) >= 11 is 5.81. The Labute approximate surface area is 87.7 Å². The highest BCUT2D eigenvalue weighted by Gasteiger charge is 2.07. The van der Waals surface area contributed by atoms with Crippen molar-refractivity contribution in [1.82, 2.24) is 5.32 Å². The van der Waals surface area contributed by atoms with Crippen molar-refractivity contribution in [3.8, 4) is 0 Å². The molecule has 0 aliphatic heterocycles. The summed E-state index contributed by atoms with van der Waals surface area (Å²) in [5.74, 6) is -0.324. The van der Waals surface area contributed by atoms with Gasteiger partial charge in [0, 0.05) is 23.2 Å². The molecule has 0 heterocycles. The van der Waals surface area contributed by atoms with Gasteiger partial charge in [0.1, 0.15) is 5.82 Å². The third-order valence-corrected chi connectivity index (χ3v) is 2.32. The second-order valence-electron chi connectivity index (χ2n) is 3.16. The zero-order valence-electron chi connectivity index (χ0n) is 7.93. The van der Waals surface area contributed by atoms with Crippen molar-refractivity contribution in [3.63, 3.8) is 0 Å². The molecule has 0 aliphatic rings. The van der Waals surface area contributed by atoms with Gasteiger partial charge in [-0.3, -0.25) is 0 Å². The molecule has 78 valence electrons. The summed E-state index contributed by atoms with van der Waals surface area (Å²) in [6.45, 7) is 2.16. The zero-order chi connectivity index (χ0) is 10.6. The second kappa shape index (κ2) is 5.29. The molecule has 1 aromatic carbocycles. The highest BCUT2D eigenvalue weighted by atomic mass is 35.5. The Kier molecular flexibility index (Phi) is 4.32. The first-order valence-corrected chi connectivity index (χ1v) is 4.80. The van der Waals surface area contributed by atoms with E-state index in [-0.39, 0.29) is 18.5 Å². The lowest BCUT2D eigenvalue weighted by Gasteiger charge is -2.11. The number of aliphatic hydroxyl groups is 1. The van der Waals surface area contributed by atoms with Crippen LogP contribution in [0.2, 0.25) is 5.02 Å². The first-order valence-electron chi connectivity index (χ1n) is 4.42. The maximum Gasteiger partial charge on any atom is 0.129 e. The Morgan fingerprint density at radius 2 is 2.29 bits per heavy atom. The Morgan fingerprint density at radius 1 is 1.57 bits per heavy atom. The number of halogens is 2. The van der Waals surface area contributed by atoms with E-state index in [0.29, 0.717) is 17.1 Å². The van der Waals surface area contributed by atoms with Crippen molar-refractivity contribution in [2.75, 3.05) is 6.61 Å². The average molecular weight is 218 g/mol. The molecule has 0 radical (unpaired) electrons. The standard InChI is InChI=1S/C10H13ClFNO/c1-7(6-14)13-5-8-9(11)3-2-4-10(8)12/h2-4,7,13-14H,5-6H2,1H3/t7-/m1/s1. The average Bonchev–Trinajstić information content (AvgIpc) is 2.16. The third kappa shape index (κ3) is 2.94. The summed E-state index contributed by atoms with van der Waals surface area (Å²) < 4.78 is 13.2. The summed E-state index contributed by atoms with van der Waals surface area (Å²) in [7, 11) is 0. The van der Waals surface area contributed by atoms with E-state index in [0.717, 1.165) is 0 Å². The molecule has 0 bridgehead atoms. The van der Waals surface area contributed by atoms with Crippen LogP contribution in [0.25, 0.3) is 0 Å². The van der Waals surface area contributed by atoms with Crippen LogP contribution >= 0.6 is 11.6 Å². The molecule has 0 unspecified atom stereocenters. The van der Waals surface area contributed by atoms with Crippen LogP contribution < -0.4 is 5.32 Å². The fraction of sp³-hybridized carbons (Fsp3) is 0.400. The van der Waals surface area contributed by atoms with Crippen LogP contribution in [-0.4, -0.2) is 17.8 Å². The molecule has 0 aromatic heterocycles. The molecule has 1 aromatic rings. The summed E-state index contributed by atoms with van der Waals surface area (Å²) in [5.41, 5.74) is 0.439. The van der Waals surface area contributed by atoms with Crippen LogP contribution in [0.4, 0.5) is 4.39 Å². The first kappa shape index (κ1) is 11.4. The lowest BCUT2D eigenvalue weighted by Crippen LogP contribution is -2.29. The van der Waals surface area contributed by atoms with Gasteiger partial charge in [0.15, 0.2) is 0 Å². The van der Waals surface area contributed by atoms with E-state index in [1.165, 1.54) is 6.07 Å². The number of aliphatic hydroxyl groups excluding tert-OH is 1. The van der Waals surface area contributed by atoms with E-state index in [4.69, 9.17) is 16.7 Å². The van der Waals surface area contributed by atoms with Gasteiger partial charge in [0.25, 0.3) is 0 Å². The van der Waals surface area contributed by atoms with Gasteiger partial charge < -0.3 is 10.4 Å². The fourth-order valence-electron chi connectivity index (χ4n) is 1.04. The van der Waals surface area contributed by atoms with Crippen molar-refractivity contribution in [2.45, 2.75) is 19.5 Å². The lowest BCUT2D eigenvalue weighted by atomic mass is 10.2. The minimum Gasteiger partial charge on any atom is -0.395 e. The maximum atomic E-state index is 13.2. The van der Waals surface area contributed by atoms with E-state index in [1.807, 2.05) is 6.92 Å². The topological polar surface area (TPSA) is 32.3 Å². The molecule has 2 N–H and O–H groups in total. The molecule has 0 saturated heterocycles. The van der Waals surface area contributed by atoms with Crippen LogP contribution in [0.1, 0.15) is 12.5 Å². The second-order valence-corrected chi connectivity index (χ2v) is 3.57. The fourth-order valence-corrected chi connectivity index (χ4v) is 1.27. The normalized spacial score (nSPS) is 12.9. The lowest BCUT2D eigenvalue weighted by molar-refractivity contribution is 0.250. The quantitative estimate of drug-likeness (QED) is 0.808. The van der Waals surface area contributed by atoms with Crippen molar-refractivity contribution >= 4 is 11.6 Å². The monoisotopic (exact) mass is 217 g/mol. The number of benzene rings is 1. The van der Waals surface area contributed by atoms with Crippen LogP contribution in [0.15, 0.2) is 18.2 Å². The molecular formula is C10H13ClFNO. The van der Waals surface area contributed by atoms with E-state index in [2.05, 4.69) is 5.32 Å². The molecule has 0 fully saturated rings. The smallest absolute Gasteiger partial charge is 0.129 e. The number of hydrogen-bond acceptors (Lipinski definition) is 2. The molecule has 4 heteroatoms. The third-order valence-electron chi connectivity index (χ3n) is 1.96. The van der Waals surface area contributed by atoms with Crippen LogP contribution in [0, 0.1) is 5.82 Å². The van der Waals surface area contributed by atoms with Crippen molar-refractivity contribution in [3.05, 3.63) is 34.6 Å². The van der Waals surface area contributed by atoms with E-state index < -0.39 is 0 Å². The minimum atomic E-state index is -0.324. The van der Waals surface area contributed by atoms with Gasteiger partial charge in [-0.05, 0) is 19.1 Å². The summed E-state index contributed by atoms with van der Waals surface area (Å²) in [6, 6.07) is 4.51.